The van der Waals surface area contributed by atoms with Gasteiger partial charge in [-0.1, -0.05) is 30.3 Å². The van der Waals surface area contributed by atoms with Crippen LogP contribution in [0.1, 0.15) is 31.7 Å². The number of hydrogen-bond donors (Lipinski definition) is 3. The second-order valence-electron chi connectivity index (χ2n) is 6.03. The smallest absolute Gasteiger partial charge is 0.191 e. The molecule has 0 radical (unpaired) electrons. The second-order valence-corrected chi connectivity index (χ2v) is 6.03. The minimum Gasteiger partial charge on any atom is -0.393 e. The molecular formula is C18H30N4O. The van der Waals surface area contributed by atoms with Gasteiger partial charge in [-0.15, -0.1) is 0 Å². The quantitative estimate of drug-likeness (QED) is 0.406. The van der Waals surface area contributed by atoms with Crippen LogP contribution >= 0.6 is 0 Å². The van der Waals surface area contributed by atoms with Crippen LogP contribution in [0.3, 0.4) is 0 Å². The van der Waals surface area contributed by atoms with Crippen LogP contribution < -0.4 is 10.6 Å². The number of nitrogens with one attached hydrogen (secondary N) is 2. The zero-order valence-electron chi connectivity index (χ0n) is 14.2. The lowest BCUT2D eigenvalue weighted by molar-refractivity contribution is 0.0823. The first-order valence-electron chi connectivity index (χ1n) is 8.74. The molecule has 23 heavy (non-hydrogen) atoms. The standard InChI is InChI=1S/C18H30N4O/c1-2-19-18(21-15-16-7-4-3-5-8-16)20-11-6-12-22-13-9-17(23)10-14-22/h3-5,7-8,17,23H,2,6,9-15H2,1H3,(H2,19,20,21). The molecule has 0 bridgehead atoms. The van der Waals surface area contributed by atoms with Gasteiger partial charge in [0.05, 0.1) is 12.6 Å². The summed E-state index contributed by atoms with van der Waals surface area (Å²) in [7, 11) is 0. The molecule has 1 aliphatic rings. The van der Waals surface area contributed by atoms with Crippen molar-refractivity contribution < 1.29 is 5.11 Å². The van der Waals surface area contributed by atoms with Gasteiger partial charge in [0.15, 0.2) is 5.96 Å². The maximum atomic E-state index is 9.52. The number of aliphatic hydroxyl groups excluding tert-OH is 1. The van der Waals surface area contributed by atoms with E-state index in [-0.39, 0.29) is 6.10 Å². The highest BCUT2D eigenvalue weighted by atomic mass is 16.3. The van der Waals surface area contributed by atoms with Crippen molar-refractivity contribution in [2.45, 2.75) is 38.8 Å². The molecule has 0 amide bonds. The number of rotatable bonds is 7. The lowest BCUT2D eigenvalue weighted by atomic mass is 10.1. The molecule has 1 heterocycles. The predicted molar refractivity (Wildman–Crippen MR) is 95.6 cm³/mol. The average Bonchev–Trinajstić information content (AvgIpc) is 2.59. The first kappa shape index (κ1) is 17.8. The highest BCUT2D eigenvalue weighted by molar-refractivity contribution is 5.79. The summed E-state index contributed by atoms with van der Waals surface area (Å²) in [6.07, 6.45) is 2.82. The highest BCUT2D eigenvalue weighted by Crippen LogP contribution is 2.09. The molecule has 1 saturated heterocycles. The number of aliphatic hydroxyl groups is 1. The lowest BCUT2D eigenvalue weighted by Gasteiger charge is -2.29. The third-order valence-electron chi connectivity index (χ3n) is 4.11. The van der Waals surface area contributed by atoms with E-state index in [4.69, 9.17) is 0 Å². The summed E-state index contributed by atoms with van der Waals surface area (Å²) in [5.41, 5.74) is 1.22. The predicted octanol–water partition coefficient (Wildman–Crippen LogP) is 1.59. The number of hydrogen-bond acceptors (Lipinski definition) is 3. The highest BCUT2D eigenvalue weighted by Gasteiger charge is 2.15. The van der Waals surface area contributed by atoms with Crippen LogP contribution in [0.2, 0.25) is 0 Å². The second kappa shape index (κ2) is 10.2. The van der Waals surface area contributed by atoms with Crippen molar-refractivity contribution in [2.75, 3.05) is 32.7 Å². The number of aliphatic imine (C=N–C) groups is 1. The van der Waals surface area contributed by atoms with Gasteiger partial charge >= 0.3 is 0 Å². The van der Waals surface area contributed by atoms with E-state index in [0.29, 0.717) is 6.54 Å². The fraction of sp³-hybridized carbons (Fsp3) is 0.611. The van der Waals surface area contributed by atoms with Crippen LogP contribution in [0.5, 0.6) is 0 Å². The van der Waals surface area contributed by atoms with Crippen LogP contribution in [0.15, 0.2) is 35.3 Å². The Morgan fingerprint density at radius 1 is 1.22 bits per heavy atom. The summed E-state index contributed by atoms with van der Waals surface area (Å²) in [6.45, 7) is 7.67. The van der Waals surface area contributed by atoms with Gasteiger partial charge in [-0.2, -0.15) is 0 Å². The van der Waals surface area contributed by atoms with E-state index in [0.717, 1.165) is 57.9 Å². The number of benzene rings is 1. The SMILES string of the molecule is CCNC(=NCc1ccccc1)NCCCN1CCC(O)CC1. The van der Waals surface area contributed by atoms with Gasteiger partial charge in [0.2, 0.25) is 0 Å². The van der Waals surface area contributed by atoms with Crippen molar-refractivity contribution in [3.05, 3.63) is 35.9 Å². The Kier molecular flexibility index (Phi) is 7.90. The molecule has 0 saturated carbocycles. The molecule has 0 atom stereocenters. The molecule has 0 aliphatic carbocycles. The summed E-state index contributed by atoms with van der Waals surface area (Å²) >= 11 is 0. The molecule has 5 nitrogen and oxygen atoms in total. The topological polar surface area (TPSA) is 59.9 Å². The van der Waals surface area contributed by atoms with Crippen LogP contribution in [0.4, 0.5) is 0 Å². The fourth-order valence-corrected chi connectivity index (χ4v) is 2.75. The largest absolute Gasteiger partial charge is 0.393 e. The van der Waals surface area contributed by atoms with E-state index in [1.54, 1.807) is 0 Å². The van der Waals surface area contributed by atoms with Gasteiger partial charge in [0, 0.05) is 26.2 Å². The summed E-state index contributed by atoms with van der Waals surface area (Å²) in [5.74, 6) is 0.880. The summed E-state index contributed by atoms with van der Waals surface area (Å²) < 4.78 is 0. The average molecular weight is 318 g/mol. The Bertz CT molecular complexity index is 455. The zero-order chi connectivity index (χ0) is 16.3. The van der Waals surface area contributed by atoms with Crippen LogP contribution in [-0.4, -0.2) is 54.8 Å². The van der Waals surface area contributed by atoms with Crippen molar-refractivity contribution in [2.24, 2.45) is 4.99 Å². The van der Waals surface area contributed by atoms with Gasteiger partial charge < -0.3 is 20.6 Å². The van der Waals surface area contributed by atoms with Gasteiger partial charge in [-0.3, -0.25) is 0 Å². The third-order valence-corrected chi connectivity index (χ3v) is 4.11. The molecule has 1 aliphatic heterocycles. The summed E-state index contributed by atoms with van der Waals surface area (Å²) in [4.78, 5) is 7.06. The Morgan fingerprint density at radius 2 is 1.96 bits per heavy atom. The maximum Gasteiger partial charge on any atom is 0.191 e. The van der Waals surface area contributed by atoms with Gasteiger partial charge in [-0.25, -0.2) is 4.99 Å². The number of nitrogens with zero attached hydrogens (tertiary/aromatic N) is 2. The Labute approximate surface area is 139 Å². The van der Waals surface area contributed by atoms with Crippen molar-refractivity contribution >= 4 is 5.96 Å². The molecule has 0 spiro atoms. The van der Waals surface area contributed by atoms with Gasteiger partial charge in [-0.05, 0) is 38.3 Å². The first-order valence-corrected chi connectivity index (χ1v) is 8.74. The minimum atomic E-state index is -0.0881. The van der Waals surface area contributed by atoms with Crippen molar-refractivity contribution in [3.63, 3.8) is 0 Å². The van der Waals surface area contributed by atoms with E-state index in [1.807, 2.05) is 18.2 Å². The molecule has 1 aromatic carbocycles. The Hall–Kier alpha value is -1.59. The normalized spacial score (nSPS) is 17.2. The third kappa shape index (κ3) is 7.01. The summed E-state index contributed by atoms with van der Waals surface area (Å²) in [5, 5.41) is 16.2. The van der Waals surface area contributed by atoms with Crippen molar-refractivity contribution in [3.8, 4) is 0 Å². The van der Waals surface area contributed by atoms with Crippen molar-refractivity contribution in [1.82, 2.24) is 15.5 Å². The lowest BCUT2D eigenvalue weighted by Crippen LogP contribution is -2.40. The van der Waals surface area contributed by atoms with E-state index in [1.165, 1.54) is 5.56 Å². The van der Waals surface area contributed by atoms with E-state index in [9.17, 15) is 5.11 Å². The van der Waals surface area contributed by atoms with E-state index in [2.05, 4.69) is 39.6 Å². The molecule has 5 heteroatoms. The minimum absolute atomic E-state index is 0.0881. The van der Waals surface area contributed by atoms with E-state index >= 15 is 0 Å². The van der Waals surface area contributed by atoms with Crippen molar-refractivity contribution in [1.29, 1.82) is 0 Å². The van der Waals surface area contributed by atoms with Gasteiger partial charge in [0.25, 0.3) is 0 Å². The van der Waals surface area contributed by atoms with E-state index < -0.39 is 0 Å². The molecule has 2 rings (SSSR count). The van der Waals surface area contributed by atoms with Crippen LogP contribution in [0.25, 0.3) is 0 Å². The molecule has 0 aromatic heterocycles. The molecule has 0 unspecified atom stereocenters. The maximum absolute atomic E-state index is 9.52. The molecule has 128 valence electrons. The van der Waals surface area contributed by atoms with Crippen LogP contribution in [0, 0.1) is 0 Å². The fourth-order valence-electron chi connectivity index (χ4n) is 2.75. The first-order chi connectivity index (χ1) is 11.3. The Balaban J connectivity index is 1.67. The molecular weight excluding hydrogens is 288 g/mol. The number of piperidine rings is 1. The summed E-state index contributed by atoms with van der Waals surface area (Å²) in [6, 6.07) is 10.3. The molecule has 3 N–H and O–H groups in total. The number of likely N-dealkylation sites (tertiary alicyclic amines) is 1. The number of guanidine groups is 1. The van der Waals surface area contributed by atoms with Crippen LogP contribution in [-0.2, 0) is 6.54 Å². The molecule has 1 fully saturated rings. The monoisotopic (exact) mass is 318 g/mol. The molecule has 1 aromatic rings. The zero-order valence-corrected chi connectivity index (χ0v) is 14.2. The Morgan fingerprint density at radius 3 is 2.65 bits per heavy atom. The van der Waals surface area contributed by atoms with Gasteiger partial charge in [0.1, 0.15) is 0 Å².